The second kappa shape index (κ2) is 10.4. The van der Waals surface area contributed by atoms with Crippen LogP contribution in [0.3, 0.4) is 0 Å². The van der Waals surface area contributed by atoms with Crippen LogP contribution in [0.15, 0.2) is 174 Å². The SMILES string of the molecule is [2H]c1c([2H])c([2H])c(-c2ccc3oc4ccccc4c3c2-c2c3c([2H])c([2H])c([2H])c([2H])c3c(-c3c([2H])c([2H])c(-c4c([2H])c([2H])c([2H])c([2H])c4[2H])c([2H])c3[2H])c3c([2H])c([2H])c([2H])c([2H])c23)c([2H])c1[2H]. The Morgan fingerprint density at radius 1 is 0.356 bits per heavy atom. The van der Waals surface area contributed by atoms with E-state index in [0.717, 1.165) is 0 Å². The third-order valence-corrected chi connectivity index (χ3v) is 7.56. The minimum atomic E-state index is -0.972. The number of hydrogen-bond donors (Lipinski definition) is 0. The molecule has 8 aromatic carbocycles. The quantitative estimate of drug-likeness (QED) is 0.185. The van der Waals surface area contributed by atoms with Crippen molar-refractivity contribution in [1.82, 2.24) is 0 Å². The first kappa shape index (κ1) is 11.9. The first-order valence-corrected chi connectivity index (χ1v) is 13.6. The summed E-state index contributed by atoms with van der Waals surface area (Å²) in [6.07, 6.45) is 0. The van der Waals surface area contributed by atoms with E-state index in [2.05, 4.69) is 0 Å². The van der Waals surface area contributed by atoms with E-state index in [1.165, 1.54) is 12.1 Å². The third kappa shape index (κ3) is 4.09. The number of fused-ring (bicyclic) bond motifs is 5. The van der Waals surface area contributed by atoms with Crippen LogP contribution >= 0.6 is 0 Å². The summed E-state index contributed by atoms with van der Waals surface area (Å²) in [4.78, 5) is 0. The summed E-state index contributed by atoms with van der Waals surface area (Å²) in [5, 5.41) is -1.62. The standard InChI is InChI=1S/C44H28O/c1-3-13-29(14-4-1)30-23-25-32(26-24-30)41-34-17-7-9-19-36(34)42(37-20-10-8-18-35(37)41)44-33(31-15-5-2-6-16-31)27-28-40-43(44)38-21-11-12-22-39(38)45-40/h1-28H/i1D,2D,3D,4D,5D,6D,7D,8D,9D,10D,13D,14D,15D,16D,17D,18D,19D,20D,23D,24D,25D,26D. The monoisotopic (exact) mass is 594 g/mol. The molecule has 0 aliphatic heterocycles. The Morgan fingerprint density at radius 3 is 1.51 bits per heavy atom. The van der Waals surface area contributed by atoms with E-state index >= 15 is 0 Å². The zero-order chi connectivity index (χ0) is 48.9. The van der Waals surface area contributed by atoms with Crippen LogP contribution in [0.5, 0.6) is 0 Å². The lowest BCUT2D eigenvalue weighted by atomic mass is 9.82. The lowest BCUT2D eigenvalue weighted by molar-refractivity contribution is 0.669. The van der Waals surface area contributed by atoms with Crippen LogP contribution in [-0.4, -0.2) is 0 Å². The van der Waals surface area contributed by atoms with Gasteiger partial charge >= 0.3 is 0 Å². The molecular weight excluding hydrogens is 544 g/mol. The minimum Gasteiger partial charge on any atom is -0.456 e. The zero-order valence-electron chi connectivity index (χ0n) is 44.9. The van der Waals surface area contributed by atoms with E-state index in [4.69, 9.17) is 23.6 Å². The van der Waals surface area contributed by atoms with Crippen molar-refractivity contribution in [3.63, 3.8) is 0 Å². The molecule has 0 unspecified atom stereocenters. The molecule has 0 amide bonds. The van der Waals surface area contributed by atoms with E-state index in [9.17, 15) is 11.0 Å². The number of benzene rings is 8. The first-order chi connectivity index (χ1) is 31.5. The van der Waals surface area contributed by atoms with Crippen molar-refractivity contribution in [3.05, 3.63) is 169 Å². The first-order valence-electron chi connectivity index (χ1n) is 24.6. The van der Waals surface area contributed by atoms with Crippen LogP contribution in [0.25, 0.3) is 88.0 Å². The average molecular weight is 595 g/mol. The molecule has 210 valence electrons. The predicted molar refractivity (Wildman–Crippen MR) is 190 cm³/mol. The van der Waals surface area contributed by atoms with Crippen molar-refractivity contribution >= 4 is 43.5 Å². The van der Waals surface area contributed by atoms with Gasteiger partial charge in [-0.2, -0.15) is 0 Å². The van der Waals surface area contributed by atoms with Crippen molar-refractivity contribution in [2.75, 3.05) is 0 Å². The second-order valence-corrected chi connectivity index (χ2v) is 9.96. The fourth-order valence-electron chi connectivity index (χ4n) is 5.73. The van der Waals surface area contributed by atoms with Crippen molar-refractivity contribution < 1.29 is 34.6 Å². The van der Waals surface area contributed by atoms with Gasteiger partial charge in [0.1, 0.15) is 11.2 Å². The van der Waals surface area contributed by atoms with Crippen LogP contribution < -0.4 is 0 Å². The van der Waals surface area contributed by atoms with Crippen molar-refractivity contribution in [2.24, 2.45) is 0 Å². The fraction of sp³-hybridized carbons (Fsp3) is 0. The largest absolute Gasteiger partial charge is 0.456 e. The Kier molecular flexibility index (Phi) is 2.73. The predicted octanol–water partition coefficient (Wildman–Crippen LogP) is 12.6. The van der Waals surface area contributed by atoms with Crippen molar-refractivity contribution in [1.29, 1.82) is 0 Å². The maximum Gasteiger partial charge on any atom is 0.136 e. The Balaban J connectivity index is 1.62. The molecule has 0 aliphatic rings. The Hall–Kier alpha value is -5.92. The van der Waals surface area contributed by atoms with Gasteiger partial charge in [-0.15, -0.1) is 0 Å². The highest BCUT2D eigenvalue weighted by Crippen LogP contribution is 2.50. The summed E-state index contributed by atoms with van der Waals surface area (Å²) in [7, 11) is 0. The topological polar surface area (TPSA) is 13.1 Å². The molecule has 0 radical (unpaired) electrons. The molecule has 1 heterocycles. The number of hydrogen-bond acceptors (Lipinski definition) is 1. The molecule has 0 N–H and O–H groups in total. The van der Waals surface area contributed by atoms with Gasteiger partial charge < -0.3 is 4.42 Å². The molecule has 0 saturated heterocycles. The summed E-state index contributed by atoms with van der Waals surface area (Å²) in [6.45, 7) is 0. The van der Waals surface area contributed by atoms with Gasteiger partial charge in [0.25, 0.3) is 0 Å². The van der Waals surface area contributed by atoms with Crippen molar-refractivity contribution in [2.45, 2.75) is 0 Å². The molecule has 0 bridgehead atoms. The van der Waals surface area contributed by atoms with Gasteiger partial charge in [-0.05, 0) is 72.6 Å². The highest BCUT2D eigenvalue weighted by Gasteiger charge is 2.23. The molecule has 1 heteroatoms. The van der Waals surface area contributed by atoms with Crippen LogP contribution in [0.4, 0.5) is 0 Å². The van der Waals surface area contributed by atoms with Crippen LogP contribution in [0.1, 0.15) is 30.2 Å². The Morgan fingerprint density at radius 2 is 0.867 bits per heavy atom. The zero-order valence-corrected chi connectivity index (χ0v) is 22.9. The summed E-state index contributed by atoms with van der Waals surface area (Å²) in [5.41, 5.74) is -3.37. The molecule has 1 aromatic heterocycles. The Bertz CT molecular complexity index is 3610. The maximum absolute atomic E-state index is 9.58. The average Bonchev–Trinajstić information content (AvgIpc) is 3.70. The van der Waals surface area contributed by atoms with E-state index in [1.54, 1.807) is 24.3 Å². The molecule has 1 nitrogen and oxygen atoms in total. The van der Waals surface area contributed by atoms with Gasteiger partial charge in [-0.25, -0.2) is 0 Å². The summed E-state index contributed by atoms with van der Waals surface area (Å²) < 4.78 is 203. The lowest BCUT2D eigenvalue weighted by Crippen LogP contribution is -1.93. The van der Waals surface area contributed by atoms with Crippen LogP contribution in [0, 0.1) is 0 Å². The van der Waals surface area contributed by atoms with E-state index in [1.807, 2.05) is 0 Å². The molecule has 9 aromatic rings. The van der Waals surface area contributed by atoms with E-state index in [-0.39, 0.29) is 38.8 Å². The molecular formula is C44H28O. The van der Waals surface area contributed by atoms with Gasteiger partial charge in [0.05, 0.1) is 30.2 Å². The van der Waals surface area contributed by atoms with E-state index in [0.29, 0.717) is 5.39 Å². The number of rotatable bonds is 4. The van der Waals surface area contributed by atoms with Gasteiger partial charge in [-0.3, -0.25) is 0 Å². The smallest absolute Gasteiger partial charge is 0.136 e. The molecule has 0 spiro atoms. The molecule has 45 heavy (non-hydrogen) atoms. The molecule has 0 fully saturated rings. The third-order valence-electron chi connectivity index (χ3n) is 7.56. The summed E-state index contributed by atoms with van der Waals surface area (Å²) in [6, 6.07) is -9.03. The van der Waals surface area contributed by atoms with Gasteiger partial charge in [0.15, 0.2) is 0 Å². The lowest BCUT2D eigenvalue weighted by Gasteiger charge is -2.20. The molecule has 0 aliphatic carbocycles. The normalized spacial score (nSPS) is 18.4. The maximum atomic E-state index is 9.58. The fourth-order valence-corrected chi connectivity index (χ4v) is 5.73. The highest BCUT2D eigenvalue weighted by atomic mass is 16.3. The highest BCUT2D eigenvalue weighted by molar-refractivity contribution is 6.27. The van der Waals surface area contributed by atoms with Crippen molar-refractivity contribution in [3.8, 4) is 44.5 Å². The Labute approximate surface area is 292 Å². The summed E-state index contributed by atoms with van der Waals surface area (Å²) in [5.74, 6) is 0. The van der Waals surface area contributed by atoms with Gasteiger partial charge in [-0.1, -0.05) is 157 Å². The number of para-hydroxylation sites is 1. The van der Waals surface area contributed by atoms with Crippen LogP contribution in [0.2, 0.25) is 0 Å². The van der Waals surface area contributed by atoms with E-state index < -0.39 is 177 Å². The summed E-state index contributed by atoms with van der Waals surface area (Å²) >= 11 is 0. The van der Waals surface area contributed by atoms with Gasteiger partial charge in [0.2, 0.25) is 0 Å². The minimum absolute atomic E-state index is 0.113. The molecule has 0 saturated carbocycles. The molecule has 9 rings (SSSR count). The number of furan rings is 1. The molecule has 0 atom stereocenters. The van der Waals surface area contributed by atoms with Gasteiger partial charge in [0, 0.05) is 16.3 Å². The van der Waals surface area contributed by atoms with Crippen LogP contribution in [-0.2, 0) is 0 Å². The second-order valence-electron chi connectivity index (χ2n) is 9.96.